The standard InChI is InChI=1S/C22H17N9/c1-12-25-11-18(31(12)2)15-3-4-16-20(26-15)21(30-29-16)22-27-17-10-24-9-14(19(17)28-22)13-5-7-23-8-6-13/h3-11H,1-2H3,(H,27,28)(H,29,30). The number of hydrogen-bond donors (Lipinski definition) is 2. The number of aromatic nitrogens is 9. The first-order chi connectivity index (χ1) is 15.2. The van der Waals surface area contributed by atoms with Crippen molar-refractivity contribution in [3.8, 4) is 34.0 Å². The molecule has 0 saturated carbocycles. The number of nitrogens with one attached hydrogen (secondary N) is 2. The maximum absolute atomic E-state index is 4.87. The first-order valence-corrected chi connectivity index (χ1v) is 9.77. The van der Waals surface area contributed by atoms with Crippen LogP contribution in [-0.4, -0.2) is 44.7 Å². The van der Waals surface area contributed by atoms with E-state index < -0.39 is 0 Å². The van der Waals surface area contributed by atoms with E-state index in [-0.39, 0.29) is 0 Å². The van der Waals surface area contributed by atoms with E-state index in [1.54, 1.807) is 18.6 Å². The maximum atomic E-state index is 4.87. The summed E-state index contributed by atoms with van der Waals surface area (Å²) in [7, 11) is 1.98. The van der Waals surface area contributed by atoms with Gasteiger partial charge in [0.05, 0.1) is 40.3 Å². The lowest BCUT2D eigenvalue weighted by molar-refractivity contribution is 0.862. The van der Waals surface area contributed by atoms with Gasteiger partial charge in [-0.2, -0.15) is 5.10 Å². The minimum atomic E-state index is 0.635. The molecule has 0 spiro atoms. The highest BCUT2D eigenvalue weighted by atomic mass is 15.2. The van der Waals surface area contributed by atoms with Crippen molar-refractivity contribution in [3.63, 3.8) is 0 Å². The van der Waals surface area contributed by atoms with Crippen LogP contribution in [-0.2, 0) is 7.05 Å². The Hall–Kier alpha value is -4.40. The average Bonchev–Trinajstić information content (AvgIpc) is 3.50. The van der Waals surface area contributed by atoms with Gasteiger partial charge in [-0.05, 0) is 36.8 Å². The maximum Gasteiger partial charge on any atom is 0.161 e. The molecule has 0 aliphatic rings. The fourth-order valence-corrected chi connectivity index (χ4v) is 3.73. The van der Waals surface area contributed by atoms with E-state index in [1.807, 2.05) is 55.2 Å². The number of H-pyrrole nitrogens is 2. The first kappa shape index (κ1) is 17.5. The highest BCUT2D eigenvalue weighted by molar-refractivity contribution is 5.95. The Labute approximate surface area is 176 Å². The molecule has 0 aromatic carbocycles. The highest BCUT2D eigenvalue weighted by Crippen LogP contribution is 2.31. The lowest BCUT2D eigenvalue weighted by Crippen LogP contribution is -1.96. The van der Waals surface area contributed by atoms with Gasteiger partial charge in [0.15, 0.2) is 11.5 Å². The summed E-state index contributed by atoms with van der Waals surface area (Å²) in [5, 5.41) is 7.55. The van der Waals surface area contributed by atoms with Crippen LogP contribution in [0.4, 0.5) is 0 Å². The summed E-state index contributed by atoms with van der Waals surface area (Å²) in [5.41, 5.74) is 7.61. The molecule has 0 aliphatic carbocycles. The number of hydrogen-bond acceptors (Lipinski definition) is 6. The fourth-order valence-electron chi connectivity index (χ4n) is 3.73. The molecular formula is C22H17N9. The minimum Gasteiger partial charge on any atom is -0.335 e. The van der Waals surface area contributed by atoms with Crippen molar-refractivity contribution in [2.45, 2.75) is 6.92 Å². The molecule has 0 radical (unpaired) electrons. The highest BCUT2D eigenvalue weighted by Gasteiger charge is 2.17. The summed E-state index contributed by atoms with van der Waals surface area (Å²) in [6.07, 6.45) is 8.93. The number of fused-ring (bicyclic) bond motifs is 2. The third-order valence-corrected chi connectivity index (χ3v) is 5.50. The molecule has 150 valence electrons. The van der Waals surface area contributed by atoms with Gasteiger partial charge in [0.2, 0.25) is 0 Å². The van der Waals surface area contributed by atoms with E-state index in [0.717, 1.165) is 50.4 Å². The molecule has 9 heteroatoms. The van der Waals surface area contributed by atoms with Crippen LogP contribution in [0.25, 0.3) is 56.1 Å². The second-order valence-corrected chi connectivity index (χ2v) is 7.32. The Morgan fingerprint density at radius 1 is 0.871 bits per heavy atom. The number of pyridine rings is 3. The number of imidazole rings is 2. The molecule has 9 nitrogen and oxygen atoms in total. The van der Waals surface area contributed by atoms with Crippen LogP contribution in [0.2, 0.25) is 0 Å². The Bertz CT molecular complexity index is 1560. The molecule has 6 aromatic rings. The number of aromatic amines is 2. The van der Waals surface area contributed by atoms with Gasteiger partial charge >= 0.3 is 0 Å². The quantitative estimate of drug-likeness (QED) is 0.463. The lowest BCUT2D eigenvalue weighted by atomic mass is 10.1. The molecule has 6 rings (SSSR count). The zero-order valence-electron chi connectivity index (χ0n) is 16.8. The zero-order chi connectivity index (χ0) is 20.9. The van der Waals surface area contributed by atoms with Crippen molar-refractivity contribution in [1.29, 1.82) is 0 Å². The van der Waals surface area contributed by atoms with Gasteiger partial charge < -0.3 is 9.55 Å². The Balaban J connectivity index is 1.52. The van der Waals surface area contributed by atoms with Gasteiger partial charge in [-0.25, -0.2) is 15.0 Å². The topological polar surface area (TPSA) is 114 Å². The van der Waals surface area contributed by atoms with Gasteiger partial charge in [0.25, 0.3) is 0 Å². The van der Waals surface area contributed by atoms with E-state index in [4.69, 9.17) is 9.97 Å². The van der Waals surface area contributed by atoms with Crippen molar-refractivity contribution in [3.05, 3.63) is 61.1 Å². The van der Waals surface area contributed by atoms with E-state index in [0.29, 0.717) is 11.5 Å². The molecule has 0 fully saturated rings. The van der Waals surface area contributed by atoms with Crippen LogP contribution >= 0.6 is 0 Å². The predicted octanol–water partition coefficient (Wildman–Crippen LogP) is 3.67. The van der Waals surface area contributed by atoms with E-state index in [2.05, 4.69) is 30.1 Å². The summed E-state index contributed by atoms with van der Waals surface area (Å²) in [6.45, 7) is 1.97. The van der Waals surface area contributed by atoms with Crippen LogP contribution in [0.1, 0.15) is 5.82 Å². The zero-order valence-corrected chi connectivity index (χ0v) is 16.8. The lowest BCUT2D eigenvalue weighted by Gasteiger charge is -2.03. The molecule has 6 heterocycles. The Kier molecular flexibility index (Phi) is 3.69. The van der Waals surface area contributed by atoms with E-state index in [1.165, 1.54) is 0 Å². The van der Waals surface area contributed by atoms with Crippen LogP contribution in [0.5, 0.6) is 0 Å². The third kappa shape index (κ3) is 2.71. The van der Waals surface area contributed by atoms with Gasteiger partial charge in [0, 0.05) is 31.2 Å². The third-order valence-electron chi connectivity index (χ3n) is 5.50. The summed E-state index contributed by atoms with van der Waals surface area (Å²) < 4.78 is 2.02. The second kappa shape index (κ2) is 6.56. The summed E-state index contributed by atoms with van der Waals surface area (Å²) in [4.78, 5) is 25.9. The van der Waals surface area contributed by atoms with Crippen molar-refractivity contribution in [2.75, 3.05) is 0 Å². The molecule has 6 aromatic heterocycles. The molecule has 31 heavy (non-hydrogen) atoms. The molecule has 0 aliphatic heterocycles. The average molecular weight is 407 g/mol. The monoisotopic (exact) mass is 407 g/mol. The molecule has 0 bridgehead atoms. The van der Waals surface area contributed by atoms with Crippen molar-refractivity contribution in [1.82, 2.24) is 44.7 Å². The summed E-state index contributed by atoms with van der Waals surface area (Å²) in [6, 6.07) is 7.82. The summed E-state index contributed by atoms with van der Waals surface area (Å²) >= 11 is 0. The Morgan fingerprint density at radius 3 is 2.55 bits per heavy atom. The predicted molar refractivity (Wildman–Crippen MR) is 117 cm³/mol. The Morgan fingerprint density at radius 2 is 1.74 bits per heavy atom. The second-order valence-electron chi connectivity index (χ2n) is 7.32. The molecular weight excluding hydrogens is 390 g/mol. The van der Waals surface area contributed by atoms with Crippen LogP contribution < -0.4 is 0 Å². The smallest absolute Gasteiger partial charge is 0.161 e. The van der Waals surface area contributed by atoms with Gasteiger partial charge in [-0.1, -0.05) is 0 Å². The molecule has 0 amide bonds. The number of aryl methyl sites for hydroxylation is 1. The minimum absolute atomic E-state index is 0.635. The number of nitrogens with zero attached hydrogens (tertiary/aromatic N) is 7. The van der Waals surface area contributed by atoms with Crippen molar-refractivity contribution >= 4 is 22.1 Å². The number of rotatable bonds is 3. The fraction of sp³-hybridized carbons (Fsp3) is 0.0909. The first-order valence-electron chi connectivity index (χ1n) is 9.77. The molecule has 0 saturated heterocycles. The van der Waals surface area contributed by atoms with Gasteiger partial charge in [-0.3, -0.25) is 15.1 Å². The molecule has 2 N–H and O–H groups in total. The van der Waals surface area contributed by atoms with Crippen LogP contribution in [0.15, 0.2) is 55.2 Å². The van der Waals surface area contributed by atoms with E-state index in [9.17, 15) is 0 Å². The van der Waals surface area contributed by atoms with Gasteiger partial charge in [-0.15, -0.1) is 0 Å². The van der Waals surface area contributed by atoms with Crippen molar-refractivity contribution in [2.24, 2.45) is 7.05 Å². The van der Waals surface area contributed by atoms with Gasteiger partial charge in [0.1, 0.15) is 11.3 Å². The van der Waals surface area contributed by atoms with Crippen molar-refractivity contribution < 1.29 is 0 Å². The largest absolute Gasteiger partial charge is 0.335 e. The summed E-state index contributed by atoms with van der Waals surface area (Å²) in [5.74, 6) is 1.56. The van der Waals surface area contributed by atoms with E-state index >= 15 is 0 Å². The SMILES string of the molecule is Cc1ncc(-c2ccc3[nH]nc(-c4nc5c(-c6ccncc6)cncc5[nH]4)c3n2)n1C. The molecule has 0 unspecified atom stereocenters. The van der Waals surface area contributed by atoms with Crippen LogP contribution in [0.3, 0.4) is 0 Å². The molecule has 0 atom stereocenters. The normalized spacial score (nSPS) is 11.5. The van der Waals surface area contributed by atoms with Crippen LogP contribution in [0, 0.1) is 6.92 Å².